The van der Waals surface area contributed by atoms with E-state index in [9.17, 15) is 0 Å². The molecular formula is C22H26NP. The molecule has 1 unspecified atom stereocenters. The third kappa shape index (κ3) is 4.04. The highest BCUT2D eigenvalue weighted by Crippen LogP contribution is 2.36. The van der Waals surface area contributed by atoms with Crippen molar-refractivity contribution < 1.29 is 0 Å². The molecule has 0 fully saturated rings. The fourth-order valence-electron chi connectivity index (χ4n) is 3.12. The molecule has 0 aliphatic carbocycles. The summed E-state index contributed by atoms with van der Waals surface area (Å²) in [6.07, 6.45) is 3.76. The van der Waals surface area contributed by atoms with E-state index in [1.165, 1.54) is 40.6 Å². The zero-order valence-corrected chi connectivity index (χ0v) is 15.5. The topological polar surface area (TPSA) is 12.0 Å². The van der Waals surface area contributed by atoms with Crippen molar-refractivity contribution in [1.29, 1.82) is 0 Å². The van der Waals surface area contributed by atoms with E-state index in [4.69, 9.17) is 0 Å². The van der Waals surface area contributed by atoms with Crippen LogP contribution in [0.25, 0.3) is 10.8 Å². The maximum atomic E-state index is 3.94. The van der Waals surface area contributed by atoms with E-state index < -0.39 is 0 Å². The van der Waals surface area contributed by atoms with E-state index in [0.717, 1.165) is 0 Å². The quantitative estimate of drug-likeness (QED) is 0.521. The number of rotatable bonds is 7. The fraction of sp³-hybridized carbons (Fsp3) is 0.273. The fourth-order valence-corrected chi connectivity index (χ4v) is 5.43. The van der Waals surface area contributed by atoms with Gasteiger partial charge in [-0.05, 0) is 49.2 Å². The third-order valence-electron chi connectivity index (χ3n) is 4.44. The summed E-state index contributed by atoms with van der Waals surface area (Å²) in [6, 6.07) is 26.6. The van der Waals surface area contributed by atoms with Gasteiger partial charge in [0.1, 0.15) is 0 Å². The van der Waals surface area contributed by atoms with Crippen LogP contribution in [0.1, 0.15) is 38.3 Å². The van der Waals surface area contributed by atoms with E-state index in [-0.39, 0.29) is 8.07 Å². The van der Waals surface area contributed by atoms with Crippen molar-refractivity contribution in [3.05, 3.63) is 78.4 Å². The van der Waals surface area contributed by atoms with Crippen molar-refractivity contribution in [1.82, 2.24) is 5.09 Å². The van der Waals surface area contributed by atoms with Crippen LogP contribution in [0.2, 0.25) is 0 Å². The Bertz CT molecular complexity index is 764. The van der Waals surface area contributed by atoms with Gasteiger partial charge in [0.05, 0.1) is 0 Å². The second-order valence-electron chi connectivity index (χ2n) is 6.26. The molecule has 3 aromatic rings. The van der Waals surface area contributed by atoms with Gasteiger partial charge in [0.2, 0.25) is 0 Å². The molecule has 1 nitrogen and oxygen atoms in total. The SMILES string of the molecule is CCCCP(N[C@@H](C)c1cccc2ccccc12)c1ccccc1. The van der Waals surface area contributed by atoms with Crippen molar-refractivity contribution in [2.24, 2.45) is 0 Å². The lowest BCUT2D eigenvalue weighted by atomic mass is 10.0. The minimum Gasteiger partial charge on any atom is -0.285 e. The molecule has 0 aliphatic rings. The third-order valence-corrected chi connectivity index (χ3v) is 6.83. The summed E-state index contributed by atoms with van der Waals surface area (Å²) in [4.78, 5) is 0. The first-order valence-corrected chi connectivity index (χ1v) is 10.4. The second-order valence-corrected chi connectivity index (χ2v) is 8.34. The van der Waals surface area contributed by atoms with Crippen LogP contribution in [0.4, 0.5) is 0 Å². The molecule has 2 atom stereocenters. The largest absolute Gasteiger partial charge is 0.285 e. The Morgan fingerprint density at radius 1 is 0.875 bits per heavy atom. The van der Waals surface area contributed by atoms with Crippen molar-refractivity contribution in [2.45, 2.75) is 32.7 Å². The maximum Gasteiger partial charge on any atom is 0.0336 e. The summed E-state index contributed by atoms with van der Waals surface area (Å²) in [5, 5.41) is 8.07. The molecule has 3 aromatic carbocycles. The Hall–Kier alpha value is -1.69. The van der Waals surface area contributed by atoms with Crippen molar-refractivity contribution in [3.8, 4) is 0 Å². The first kappa shape index (κ1) is 17.1. The van der Waals surface area contributed by atoms with Crippen molar-refractivity contribution in [2.75, 3.05) is 6.16 Å². The molecule has 3 rings (SSSR count). The average Bonchev–Trinajstić information content (AvgIpc) is 2.65. The first-order valence-electron chi connectivity index (χ1n) is 8.86. The summed E-state index contributed by atoms with van der Waals surface area (Å²) < 4.78 is 0. The van der Waals surface area contributed by atoms with E-state index in [1.54, 1.807) is 0 Å². The number of fused-ring (bicyclic) bond motifs is 1. The molecule has 124 valence electrons. The summed E-state index contributed by atoms with van der Waals surface area (Å²) in [5.41, 5.74) is 1.40. The summed E-state index contributed by atoms with van der Waals surface area (Å²) in [7, 11) is -0.330. The van der Waals surface area contributed by atoms with Gasteiger partial charge < -0.3 is 0 Å². The van der Waals surface area contributed by atoms with Gasteiger partial charge in [-0.15, -0.1) is 0 Å². The van der Waals surface area contributed by atoms with E-state index in [1.807, 2.05) is 0 Å². The molecule has 0 saturated heterocycles. The molecule has 0 radical (unpaired) electrons. The monoisotopic (exact) mass is 335 g/mol. The molecule has 0 saturated carbocycles. The van der Waals surface area contributed by atoms with Gasteiger partial charge in [-0.2, -0.15) is 0 Å². The Labute approximate surface area is 146 Å². The van der Waals surface area contributed by atoms with Crippen LogP contribution in [0.15, 0.2) is 72.8 Å². The van der Waals surface area contributed by atoms with Crippen LogP contribution in [0.3, 0.4) is 0 Å². The lowest BCUT2D eigenvalue weighted by Gasteiger charge is -2.25. The van der Waals surface area contributed by atoms with E-state index in [0.29, 0.717) is 6.04 Å². The van der Waals surface area contributed by atoms with E-state index >= 15 is 0 Å². The molecule has 24 heavy (non-hydrogen) atoms. The van der Waals surface area contributed by atoms with Crippen molar-refractivity contribution >= 4 is 24.1 Å². The molecule has 0 aliphatic heterocycles. The summed E-state index contributed by atoms with van der Waals surface area (Å²) in [5.74, 6) is 0. The lowest BCUT2D eigenvalue weighted by molar-refractivity contribution is 0.747. The molecule has 2 heteroatoms. The molecule has 0 amide bonds. The van der Waals surface area contributed by atoms with Crippen LogP contribution in [-0.4, -0.2) is 6.16 Å². The van der Waals surface area contributed by atoms with Gasteiger partial charge in [0.25, 0.3) is 0 Å². The molecule has 0 spiro atoms. The molecule has 0 aromatic heterocycles. The highest BCUT2D eigenvalue weighted by molar-refractivity contribution is 7.63. The van der Waals surface area contributed by atoms with Gasteiger partial charge >= 0.3 is 0 Å². The van der Waals surface area contributed by atoms with Crippen LogP contribution in [0.5, 0.6) is 0 Å². The van der Waals surface area contributed by atoms with Gasteiger partial charge in [0, 0.05) is 6.04 Å². The van der Waals surface area contributed by atoms with Crippen LogP contribution >= 0.6 is 8.07 Å². The van der Waals surface area contributed by atoms with E-state index in [2.05, 4.69) is 91.7 Å². The normalized spacial score (nSPS) is 13.8. The van der Waals surface area contributed by atoms with Gasteiger partial charge in [-0.25, -0.2) is 0 Å². The van der Waals surface area contributed by atoms with Gasteiger partial charge in [-0.3, -0.25) is 5.09 Å². The zero-order chi connectivity index (χ0) is 16.8. The van der Waals surface area contributed by atoms with Crippen LogP contribution < -0.4 is 10.4 Å². The van der Waals surface area contributed by atoms with Crippen LogP contribution in [0, 0.1) is 0 Å². The standard InChI is InChI=1S/C22H26NP/c1-3-4-17-24(20-13-6-5-7-14-20)23-18(2)21-16-10-12-19-11-8-9-15-22(19)21/h5-16,18,23H,3-4,17H2,1-2H3/t18-,24?/m0/s1. The molecule has 0 bridgehead atoms. The minimum absolute atomic E-state index is 0.330. The lowest BCUT2D eigenvalue weighted by Crippen LogP contribution is -2.21. The molecule has 1 N–H and O–H groups in total. The maximum absolute atomic E-state index is 3.94. The number of nitrogens with one attached hydrogen (secondary N) is 1. The highest BCUT2D eigenvalue weighted by atomic mass is 31.1. The Kier molecular flexibility index (Phi) is 6.01. The molecular weight excluding hydrogens is 309 g/mol. The molecule has 0 heterocycles. The smallest absolute Gasteiger partial charge is 0.0336 e. The van der Waals surface area contributed by atoms with Gasteiger partial charge in [0.15, 0.2) is 0 Å². The number of hydrogen-bond donors (Lipinski definition) is 1. The zero-order valence-electron chi connectivity index (χ0n) is 14.6. The minimum atomic E-state index is -0.330. The predicted molar refractivity (Wildman–Crippen MR) is 108 cm³/mol. The number of hydrogen-bond acceptors (Lipinski definition) is 1. The van der Waals surface area contributed by atoms with Gasteiger partial charge in [-0.1, -0.05) is 86.1 Å². The average molecular weight is 335 g/mol. The highest BCUT2D eigenvalue weighted by Gasteiger charge is 2.16. The van der Waals surface area contributed by atoms with Crippen LogP contribution in [-0.2, 0) is 0 Å². The predicted octanol–water partition coefficient (Wildman–Crippen LogP) is 6.01. The Morgan fingerprint density at radius 3 is 2.38 bits per heavy atom. The number of benzene rings is 3. The summed E-state index contributed by atoms with van der Waals surface area (Å²) >= 11 is 0. The number of unbranched alkanes of at least 4 members (excludes halogenated alkanes) is 1. The second kappa shape index (κ2) is 8.42. The Morgan fingerprint density at radius 2 is 1.58 bits per heavy atom. The first-order chi connectivity index (χ1) is 11.8. The summed E-state index contributed by atoms with van der Waals surface area (Å²) in [6.45, 7) is 4.57. The van der Waals surface area contributed by atoms with Crippen molar-refractivity contribution in [3.63, 3.8) is 0 Å². The Balaban J connectivity index is 1.85.